The lowest BCUT2D eigenvalue weighted by molar-refractivity contribution is -0.142. The molecule has 4 heteroatoms. The predicted octanol–water partition coefficient (Wildman–Crippen LogP) is 1.44. The molecule has 1 aromatic rings. The van der Waals surface area contributed by atoms with Crippen molar-refractivity contribution in [2.45, 2.75) is 19.4 Å². The molecular weight excluding hydrogens is 218 g/mol. The molecule has 2 unspecified atom stereocenters. The Kier molecular flexibility index (Phi) is 3.64. The number of hydrogen-bond acceptors (Lipinski definition) is 3. The molecule has 0 amide bonds. The van der Waals surface area contributed by atoms with E-state index >= 15 is 0 Å². The molecule has 0 aromatic heterocycles. The number of carbonyl (C=O) groups is 1. The van der Waals surface area contributed by atoms with E-state index in [-0.39, 0.29) is 12.0 Å². The monoisotopic (exact) mass is 235 g/mol. The quantitative estimate of drug-likeness (QED) is 0.829. The highest BCUT2D eigenvalue weighted by Gasteiger charge is 2.32. The summed E-state index contributed by atoms with van der Waals surface area (Å²) in [6.07, 6.45) is 0.678. The normalized spacial score (nSPS) is 23.6. The lowest BCUT2D eigenvalue weighted by Gasteiger charge is -2.16. The standard InChI is InChI=1S/C13H17NO3/c1-9-2-4-10(5-3-9)17-8-12-11(13(15)16)6-7-14-12/h2-5,11-12,14H,6-8H2,1H3,(H,15,16). The summed E-state index contributed by atoms with van der Waals surface area (Å²) in [5.41, 5.74) is 1.18. The van der Waals surface area contributed by atoms with Crippen LogP contribution in [0.25, 0.3) is 0 Å². The van der Waals surface area contributed by atoms with E-state index in [0.29, 0.717) is 13.0 Å². The minimum absolute atomic E-state index is 0.0891. The van der Waals surface area contributed by atoms with Gasteiger partial charge in [-0.15, -0.1) is 0 Å². The fraction of sp³-hybridized carbons (Fsp3) is 0.462. The van der Waals surface area contributed by atoms with Crippen molar-refractivity contribution in [1.82, 2.24) is 5.32 Å². The first-order valence-corrected chi connectivity index (χ1v) is 5.82. The lowest BCUT2D eigenvalue weighted by Crippen LogP contribution is -2.36. The molecule has 1 aliphatic heterocycles. The Labute approximate surface area is 101 Å². The van der Waals surface area contributed by atoms with Gasteiger partial charge in [0.15, 0.2) is 0 Å². The van der Waals surface area contributed by atoms with E-state index in [1.165, 1.54) is 5.56 Å². The highest BCUT2D eigenvalue weighted by Crippen LogP contribution is 2.18. The van der Waals surface area contributed by atoms with Gasteiger partial charge in [0.1, 0.15) is 12.4 Å². The molecule has 0 spiro atoms. The van der Waals surface area contributed by atoms with Crippen LogP contribution in [0.2, 0.25) is 0 Å². The second-order valence-corrected chi connectivity index (χ2v) is 4.42. The molecule has 0 aliphatic carbocycles. The maximum atomic E-state index is 11.0. The Morgan fingerprint density at radius 1 is 1.47 bits per heavy atom. The third kappa shape index (κ3) is 2.97. The molecule has 17 heavy (non-hydrogen) atoms. The van der Waals surface area contributed by atoms with Crippen LogP contribution in [0.3, 0.4) is 0 Å². The summed E-state index contributed by atoms with van der Waals surface area (Å²) in [4.78, 5) is 11.0. The van der Waals surface area contributed by atoms with Crippen molar-refractivity contribution in [3.8, 4) is 5.75 Å². The van der Waals surface area contributed by atoms with Gasteiger partial charge in [-0.05, 0) is 32.0 Å². The number of carboxylic acid groups (broad SMARTS) is 1. The Morgan fingerprint density at radius 2 is 2.18 bits per heavy atom. The van der Waals surface area contributed by atoms with Crippen molar-refractivity contribution in [3.63, 3.8) is 0 Å². The van der Waals surface area contributed by atoms with Crippen molar-refractivity contribution in [3.05, 3.63) is 29.8 Å². The number of carboxylic acids is 1. The van der Waals surface area contributed by atoms with E-state index < -0.39 is 5.97 Å². The average molecular weight is 235 g/mol. The summed E-state index contributed by atoms with van der Waals surface area (Å²) in [6.45, 7) is 3.17. The largest absolute Gasteiger partial charge is 0.492 e. The number of rotatable bonds is 4. The minimum atomic E-state index is -0.743. The minimum Gasteiger partial charge on any atom is -0.492 e. The number of benzene rings is 1. The Balaban J connectivity index is 1.89. The predicted molar refractivity (Wildman–Crippen MR) is 64.2 cm³/mol. The van der Waals surface area contributed by atoms with Crippen molar-refractivity contribution >= 4 is 5.97 Å². The second-order valence-electron chi connectivity index (χ2n) is 4.42. The fourth-order valence-corrected chi connectivity index (χ4v) is 2.06. The molecule has 1 fully saturated rings. The summed E-state index contributed by atoms with van der Waals surface area (Å²) in [6, 6.07) is 7.67. The molecule has 0 bridgehead atoms. The van der Waals surface area contributed by atoms with Crippen LogP contribution in [0, 0.1) is 12.8 Å². The van der Waals surface area contributed by atoms with Gasteiger partial charge in [0, 0.05) is 0 Å². The summed E-state index contributed by atoms with van der Waals surface area (Å²) < 4.78 is 5.60. The van der Waals surface area contributed by atoms with Crippen molar-refractivity contribution in [2.24, 2.45) is 5.92 Å². The molecule has 1 aromatic carbocycles. The van der Waals surface area contributed by atoms with Gasteiger partial charge in [-0.2, -0.15) is 0 Å². The van der Waals surface area contributed by atoms with E-state index in [0.717, 1.165) is 12.3 Å². The maximum absolute atomic E-state index is 11.0. The number of nitrogens with one attached hydrogen (secondary N) is 1. The van der Waals surface area contributed by atoms with Crippen LogP contribution >= 0.6 is 0 Å². The molecular formula is C13H17NO3. The van der Waals surface area contributed by atoms with Gasteiger partial charge in [0.25, 0.3) is 0 Å². The van der Waals surface area contributed by atoms with Gasteiger partial charge < -0.3 is 15.2 Å². The fourth-order valence-electron chi connectivity index (χ4n) is 2.06. The molecule has 4 nitrogen and oxygen atoms in total. The highest BCUT2D eigenvalue weighted by molar-refractivity contribution is 5.71. The molecule has 0 radical (unpaired) electrons. The van der Waals surface area contributed by atoms with E-state index in [9.17, 15) is 4.79 Å². The van der Waals surface area contributed by atoms with E-state index in [1.54, 1.807) is 0 Å². The van der Waals surface area contributed by atoms with Gasteiger partial charge >= 0.3 is 5.97 Å². The second kappa shape index (κ2) is 5.19. The smallest absolute Gasteiger partial charge is 0.308 e. The molecule has 1 aliphatic rings. The van der Waals surface area contributed by atoms with Gasteiger partial charge in [-0.25, -0.2) is 0 Å². The Morgan fingerprint density at radius 3 is 2.82 bits per heavy atom. The lowest BCUT2D eigenvalue weighted by atomic mass is 10.0. The third-order valence-corrected chi connectivity index (χ3v) is 3.12. The number of hydrogen-bond donors (Lipinski definition) is 2. The van der Waals surface area contributed by atoms with Crippen molar-refractivity contribution < 1.29 is 14.6 Å². The van der Waals surface area contributed by atoms with Crippen LogP contribution in [-0.4, -0.2) is 30.3 Å². The van der Waals surface area contributed by atoms with Crippen LogP contribution < -0.4 is 10.1 Å². The molecule has 1 saturated heterocycles. The molecule has 2 atom stereocenters. The van der Waals surface area contributed by atoms with Gasteiger partial charge in [0.2, 0.25) is 0 Å². The van der Waals surface area contributed by atoms with Gasteiger partial charge in [-0.3, -0.25) is 4.79 Å². The number of ether oxygens (including phenoxy) is 1. The summed E-state index contributed by atoms with van der Waals surface area (Å²) in [5, 5.41) is 12.2. The van der Waals surface area contributed by atoms with E-state index in [1.807, 2.05) is 31.2 Å². The van der Waals surface area contributed by atoms with Gasteiger partial charge in [0.05, 0.1) is 12.0 Å². The van der Waals surface area contributed by atoms with Crippen LogP contribution in [0.15, 0.2) is 24.3 Å². The molecule has 0 saturated carbocycles. The average Bonchev–Trinajstić information content (AvgIpc) is 2.76. The molecule has 1 heterocycles. The number of aryl methyl sites for hydroxylation is 1. The van der Waals surface area contributed by atoms with Crippen molar-refractivity contribution in [2.75, 3.05) is 13.2 Å². The first-order chi connectivity index (χ1) is 8.16. The zero-order valence-corrected chi connectivity index (χ0v) is 9.85. The van der Waals surface area contributed by atoms with E-state index in [2.05, 4.69) is 5.32 Å². The SMILES string of the molecule is Cc1ccc(OCC2NCCC2C(=O)O)cc1. The maximum Gasteiger partial charge on any atom is 0.308 e. The first-order valence-electron chi connectivity index (χ1n) is 5.82. The Hall–Kier alpha value is -1.55. The van der Waals surface area contributed by atoms with Crippen LogP contribution in [0.5, 0.6) is 5.75 Å². The molecule has 2 N–H and O–H groups in total. The first kappa shape index (κ1) is 11.9. The molecule has 2 rings (SSSR count). The third-order valence-electron chi connectivity index (χ3n) is 3.12. The zero-order chi connectivity index (χ0) is 12.3. The summed E-state index contributed by atoms with van der Waals surface area (Å²) in [5.74, 6) is -0.290. The van der Waals surface area contributed by atoms with E-state index in [4.69, 9.17) is 9.84 Å². The molecule has 92 valence electrons. The number of aliphatic carboxylic acids is 1. The van der Waals surface area contributed by atoms with Crippen LogP contribution in [0.1, 0.15) is 12.0 Å². The van der Waals surface area contributed by atoms with Crippen LogP contribution in [-0.2, 0) is 4.79 Å². The van der Waals surface area contributed by atoms with Crippen molar-refractivity contribution in [1.29, 1.82) is 0 Å². The zero-order valence-electron chi connectivity index (χ0n) is 9.85. The summed E-state index contributed by atoms with van der Waals surface area (Å²) in [7, 11) is 0. The van der Waals surface area contributed by atoms with Gasteiger partial charge in [-0.1, -0.05) is 17.7 Å². The highest BCUT2D eigenvalue weighted by atomic mass is 16.5. The summed E-state index contributed by atoms with van der Waals surface area (Å²) >= 11 is 0. The Bertz CT molecular complexity index is 388. The van der Waals surface area contributed by atoms with Crippen LogP contribution in [0.4, 0.5) is 0 Å². The topological polar surface area (TPSA) is 58.6 Å².